The van der Waals surface area contributed by atoms with Crippen LogP contribution in [0.5, 0.6) is 0 Å². The Morgan fingerprint density at radius 3 is 2.81 bits per heavy atom. The van der Waals surface area contributed by atoms with Crippen molar-refractivity contribution in [3.05, 3.63) is 29.1 Å². The third kappa shape index (κ3) is 2.10. The fraction of sp³-hybridized carbons (Fsp3) is 0.273. The van der Waals surface area contributed by atoms with E-state index in [1.807, 2.05) is 24.6 Å². The van der Waals surface area contributed by atoms with Gasteiger partial charge in [0.05, 0.1) is 0 Å². The van der Waals surface area contributed by atoms with Gasteiger partial charge in [0.25, 0.3) is 0 Å². The molecule has 0 fully saturated rings. The normalized spacial score (nSPS) is 10.9. The van der Waals surface area contributed by atoms with E-state index >= 15 is 0 Å². The van der Waals surface area contributed by atoms with E-state index < -0.39 is 0 Å². The topological polar surface area (TPSA) is 45.4 Å². The predicted molar refractivity (Wildman–Crippen MR) is 67.1 cm³/mol. The maximum atomic E-state index is 9.36. The summed E-state index contributed by atoms with van der Waals surface area (Å²) in [7, 11) is 1.99. The van der Waals surface area contributed by atoms with Gasteiger partial charge in [0.15, 0.2) is 0 Å². The van der Waals surface area contributed by atoms with Crippen molar-refractivity contribution in [2.45, 2.75) is 6.61 Å². The van der Waals surface area contributed by atoms with Crippen molar-refractivity contribution in [3.63, 3.8) is 0 Å². The zero-order chi connectivity index (χ0) is 11.5. The van der Waals surface area contributed by atoms with Crippen LogP contribution in [-0.2, 0) is 13.7 Å². The van der Waals surface area contributed by atoms with Gasteiger partial charge in [0.1, 0.15) is 0 Å². The summed E-state index contributed by atoms with van der Waals surface area (Å²) in [6.45, 7) is 0.0442. The third-order valence-corrected chi connectivity index (χ3v) is 5.00. The zero-order valence-corrected chi connectivity index (χ0v) is 11.4. The Hall–Kier alpha value is -0.581. The number of aromatic nitrogens is 1. The molecule has 0 saturated heterocycles. The first kappa shape index (κ1) is 11.9. The van der Waals surface area contributed by atoms with E-state index in [1.54, 1.807) is 11.3 Å². The van der Waals surface area contributed by atoms with Gasteiger partial charge in [-0.3, -0.25) is 0 Å². The molecule has 0 aromatic carbocycles. The van der Waals surface area contributed by atoms with Crippen molar-refractivity contribution in [3.8, 4) is 10.6 Å². The monoisotopic (exact) mass is 303 g/mol. The predicted octanol–water partition coefficient (Wildman–Crippen LogP) is 0.525. The molecule has 2 rings (SSSR count). The van der Waals surface area contributed by atoms with Gasteiger partial charge in [0.2, 0.25) is 0 Å². The Labute approximate surface area is 105 Å². The number of aliphatic hydroxyl groups is 2. The summed E-state index contributed by atoms with van der Waals surface area (Å²) in [5, 5.41) is 20.4. The molecule has 2 aromatic rings. The van der Waals surface area contributed by atoms with Crippen molar-refractivity contribution in [2.75, 3.05) is 5.51 Å². The molecule has 0 spiro atoms. The molecule has 0 saturated carbocycles. The molecule has 0 atom stereocenters. The molecule has 0 aliphatic heterocycles. The summed E-state index contributed by atoms with van der Waals surface area (Å²) in [6.07, 6.45) is 0. The molecular weight excluding hydrogens is 289 g/mol. The van der Waals surface area contributed by atoms with Crippen LogP contribution in [0, 0.1) is 0 Å². The van der Waals surface area contributed by atoms with Gasteiger partial charge in [-0.1, -0.05) is 0 Å². The first-order valence-electron chi connectivity index (χ1n) is 4.85. The average Bonchev–Trinajstić information content (AvgIpc) is 2.88. The molecule has 0 amide bonds. The number of hydrogen-bond acceptors (Lipinski definition) is 3. The number of hydrogen-bond donors (Lipinski definition) is 2. The van der Waals surface area contributed by atoms with Crippen molar-refractivity contribution in [1.29, 1.82) is 0 Å². The molecule has 2 aromatic heterocycles. The molecule has 0 aliphatic rings. The first-order chi connectivity index (χ1) is 7.77. The van der Waals surface area contributed by atoms with E-state index in [9.17, 15) is 5.11 Å². The third-order valence-electron chi connectivity index (χ3n) is 2.41. The summed E-state index contributed by atoms with van der Waals surface area (Å²) in [4.78, 5) is 1.16. The van der Waals surface area contributed by atoms with Crippen LogP contribution in [0.3, 0.4) is 0 Å². The second kappa shape index (κ2) is 5.17. The second-order valence-corrected chi connectivity index (χ2v) is 6.30. The summed E-state index contributed by atoms with van der Waals surface area (Å²) < 4.78 is 3.19. The van der Waals surface area contributed by atoms with Crippen LogP contribution in [0.4, 0.5) is 0 Å². The van der Waals surface area contributed by atoms with Gasteiger partial charge in [-0.2, -0.15) is 0 Å². The van der Waals surface area contributed by atoms with Crippen LogP contribution in [0.2, 0.25) is 0 Å². The van der Waals surface area contributed by atoms with E-state index in [-0.39, 0.29) is 27.1 Å². The summed E-state index contributed by atoms with van der Waals surface area (Å²) in [6, 6.07) is 6.05. The van der Waals surface area contributed by atoms with Crippen LogP contribution in [0.15, 0.2) is 23.6 Å². The second-order valence-electron chi connectivity index (χ2n) is 3.32. The summed E-state index contributed by atoms with van der Waals surface area (Å²) in [5.74, 6) is 0. The molecule has 0 bridgehead atoms. The van der Waals surface area contributed by atoms with Crippen LogP contribution >= 0.6 is 11.3 Å². The van der Waals surface area contributed by atoms with E-state index in [4.69, 9.17) is 5.11 Å². The molecule has 0 radical (unpaired) electrons. The van der Waals surface area contributed by atoms with Crippen LogP contribution in [0.1, 0.15) is 5.56 Å². The van der Waals surface area contributed by atoms with Gasteiger partial charge < -0.3 is 0 Å². The van der Waals surface area contributed by atoms with E-state index in [0.717, 1.165) is 20.7 Å². The molecule has 2 heterocycles. The summed E-state index contributed by atoms with van der Waals surface area (Å²) in [5.41, 5.74) is 2.21. The molecular formula is C11H13NO2SSe. The molecule has 2 N–H and O–H groups in total. The molecule has 0 unspecified atom stereocenters. The minimum atomic E-state index is 0.0442. The van der Waals surface area contributed by atoms with Crippen molar-refractivity contribution < 1.29 is 10.2 Å². The van der Waals surface area contributed by atoms with Crippen LogP contribution < -0.4 is 4.59 Å². The van der Waals surface area contributed by atoms with Gasteiger partial charge in [-0.05, 0) is 0 Å². The van der Waals surface area contributed by atoms with Crippen LogP contribution in [-0.4, -0.2) is 35.2 Å². The Bertz CT molecular complexity index is 465. The Kier molecular flexibility index (Phi) is 3.84. The van der Waals surface area contributed by atoms with Gasteiger partial charge in [-0.25, -0.2) is 0 Å². The zero-order valence-electron chi connectivity index (χ0n) is 8.88. The van der Waals surface area contributed by atoms with Crippen molar-refractivity contribution in [2.24, 2.45) is 7.05 Å². The standard InChI is InChI=1S/C11H13NO2SSe/c1-12-10(16-7-14)5-8(6-13)11(12)9-3-2-4-15-9/h2-5,13-14H,6-7H2,1H3. The van der Waals surface area contributed by atoms with E-state index in [0.29, 0.717) is 0 Å². The molecule has 86 valence electrons. The summed E-state index contributed by atoms with van der Waals surface area (Å²) >= 11 is 1.73. The van der Waals surface area contributed by atoms with Crippen molar-refractivity contribution >= 4 is 30.9 Å². The fourth-order valence-corrected chi connectivity index (χ4v) is 3.89. The van der Waals surface area contributed by atoms with Crippen LogP contribution in [0.25, 0.3) is 10.6 Å². The molecule has 3 nitrogen and oxygen atoms in total. The minimum absolute atomic E-state index is 0.0442. The SMILES string of the molecule is Cn1c([Se]CO)cc(CO)c1-c1cccs1. The Balaban J connectivity index is 2.50. The first-order valence-corrected chi connectivity index (χ1v) is 7.79. The maximum absolute atomic E-state index is 9.36. The molecule has 0 aliphatic carbocycles. The quantitative estimate of drug-likeness (QED) is 0.809. The number of thiophene rings is 1. The van der Waals surface area contributed by atoms with Gasteiger partial charge in [0, 0.05) is 0 Å². The number of rotatable bonds is 4. The van der Waals surface area contributed by atoms with Gasteiger partial charge >= 0.3 is 105 Å². The Morgan fingerprint density at radius 2 is 2.25 bits per heavy atom. The average molecular weight is 302 g/mol. The number of aliphatic hydroxyl groups excluding tert-OH is 2. The van der Waals surface area contributed by atoms with E-state index in [2.05, 4.69) is 10.6 Å². The van der Waals surface area contributed by atoms with E-state index in [1.165, 1.54) is 0 Å². The molecule has 5 heteroatoms. The molecule has 16 heavy (non-hydrogen) atoms. The van der Waals surface area contributed by atoms with Crippen molar-refractivity contribution in [1.82, 2.24) is 4.57 Å². The fourth-order valence-electron chi connectivity index (χ4n) is 1.70. The Morgan fingerprint density at radius 1 is 1.44 bits per heavy atom. The van der Waals surface area contributed by atoms with Gasteiger partial charge in [-0.15, -0.1) is 0 Å². The number of nitrogens with zero attached hydrogens (tertiary/aromatic N) is 1.